The molecule has 1 N–H and O–H groups in total. The number of hydrogen-bond donors (Lipinski definition) is 1. The van der Waals surface area contributed by atoms with E-state index in [2.05, 4.69) is 5.32 Å². The minimum absolute atomic E-state index is 0.0466. The lowest BCUT2D eigenvalue weighted by Gasteiger charge is -2.46. The summed E-state index contributed by atoms with van der Waals surface area (Å²) >= 11 is 0. The largest absolute Gasteiger partial charge is 0.444 e. The maximum absolute atomic E-state index is 12.2. The van der Waals surface area contributed by atoms with Gasteiger partial charge in [-0.1, -0.05) is 0 Å². The van der Waals surface area contributed by atoms with Gasteiger partial charge in [-0.2, -0.15) is 0 Å². The first-order valence-electron chi connectivity index (χ1n) is 7.07. The number of alkyl carbamates (subject to hydrolysis) is 1. The van der Waals surface area contributed by atoms with Crippen LogP contribution in [0.25, 0.3) is 0 Å². The highest BCUT2D eigenvalue weighted by atomic mass is 16.6. The minimum atomic E-state index is -0.602. The molecule has 0 bridgehead atoms. The number of hydrogen-bond acceptors (Lipinski definition) is 4. The van der Waals surface area contributed by atoms with E-state index in [4.69, 9.17) is 9.47 Å². The lowest BCUT2D eigenvalue weighted by molar-refractivity contribution is -0.156. The SMILES string of the molecule is CCO[C@@H]1CN(C(=O)[C@@H](C)NC(=O)OC(C)(C)C)[C@H]1C. The topological polar surface area (TPSA) is 67.9 Å². The Labute approximate surface area is 120 Å². The van der Waals surface area contributed by atoms with E-state index in [9.17, 15) is 9.59 Å². The van der Waals surface area contributed by atoms with E-state index in [0.717, 1.165) is 0 Å². The van der Waals surface area contributed by atoms with Gasteiger partial charge in [0.05, 0.1) is 12.1 Å². The second-order valence-electron chi connectivity index (χ2n) is 6.09. The van der Waals surface area contributed by atoms with Crippen LogP contribution in [0.3, 0.4) is 0 Å². The van der Waals surface area contributed by atoms with E-state index >= 15 is 0 Å². The molecule has 3 atom stereocenters. The Morgan fingerprint density at radius 1 is 1.40 bits per heavy atom. The van der Waals surface area contributed by atoms with E-state index in [1.54, 1.807) is 32.6 Å². The molecule has 1 rings (SSSR count). The van der Waals surface area contributed by atoms with Crippen molar-refractivity contribution in [2.24, 2.45) is 0 Å². The Morgan fingerprint density at radius 3 is 2.45 bits per heavy atom. The first kappa shape index (κ1) is 16.8. The van der Waals surface area contributed by atoms with Crippen molar-refractivity contribution < 1.29 is 19.1 Å². The average Bonchev–Trinajstić information content (AvgIpc) is 2.30. The van der Waals surface area contributed by atoms with Crippen molar-refractivity contribution in [3.05, 3.63) is 0 Å². The van der Waals surface area contributed by atoms with Gasteiger partial charge in [-0.05, 0) is 41.5 Å². The number of rotatable bonds is 4. The standard InChI is InChI=1S/C14H26N2O4/c1-7-19-11-8-16(10(11)3)12(17)9(2)15-13(18)20-14(4,5)6/h9-11H,7-8H2,1-6H3,(H,15,18)/t9-,10+,11-/m1/s1. The molecule has 1 heterocycles. The normalized spacial score (nSPS) is 23.8. The maximum Gasteiger partial charge on any atom is 0.408 e. The molecule has 0 spiro atoms. The van der Waals surface area contributed by atoms with Crippen LogP contribution in [0.2, 0.25) is 0 Å². The Kier molecular flexibility index (Phi) is 5.39. The van der Waals surface area contributed by atoms with Gasteiger partial charge in [-0.15, -0.1) is 0 Å². The van der Waals surface area contributed by atoms with Crippen molar-refractivity contribution in [3.63, 3.8) is 0 Å². The quantitative estimate of drug-likeness (QED) is 0.851. The molecule has 1 aliphatic rings. The Hall–Kier alpha value is -1.30. The molecule has 0 aromatic carbocycles. The van der Waals surface area contributed by atoms with Crippen molar-refractivity contribution in [2.75, 3.05) is 13.2 Å². The zero-order valence-corrected chi connectivity index (χ0v) is 13.2. The molecule has 2 amide bonds. The van der Waals surface area contributed by atoms with Crippen molar-refractivity contribution in [1.29, 1.82) is 0 Å². The van der Waals surface area contributed by atoms with Gasteiger partial charge in [0.25, 0.3) is 0 Å². The highest BCUT2D eigenvalue weighted by Crippen LogP contribution is 2.21. The predicted molar refractivity (Wildman–Crippen MR) is 75.4 cm³/mol. The van der Waals surface area contributed by atoms with E-state index in [-0.39, 0.29) is 18.1 Å². The summed E-state index contributed by atoms with van der Waals surface area (Å²) in [7, 11) is 0. The zero-order valence-electron chi connectivity index (χ0n) is 13.2. The van der Waals surface area contributed by atoms with E-state index in [0.29, 0.717) is 13.2 Å². The van der Waals surface area contributed by atoms with Gasteiger partial charge in [0, 0.05) is 13.2 Å². The monoisotopic (exact) mass is 286 g/mol. The maximum atomic E-state index is 12.2. The summed E-state index contributed by atoms with van der Waals surface area (Å²) in [5.74, 6) is -0.112. The van der Waals surface area contributed by atoms with Crippen molar-refractivity contribution in [2.45, 2.75) is 65.3 Å². The molecule has 6 nitrogen and oxygen atoms in total. The molecule has 0 unspecified atom stereocenters. The molecule has 1 fully saturated rings. The number of nitrogens with one attached hydrogen (secondary N) is 1. The summed E-state index contributed by atoms with van der Waals surface area (Å²) in [6, 6.07) is -0.555. The van der Waals surface area contributed by atoms with Crippen molar-refractivity contribution >= 4 is 12.0 Å². The first-order chi connectivity index (χ1) is 9.15. The molecule has 0 aromatic rings. The molecule has 116 valence electrons. The van der Waals surface area contributed by atoms with Crippen LogP contribution in [0.15, 0.2) is 0 Å². The number of carbonyl (C=O) groups is 2. The van der Waals surface area contributed by atoms with E-state index in [1.165, 1.54) is 0 Å². The summed E-state index contributed by atoms with van der Waals surface area (Å²) in [5, 5.41) is 2.56. The molecule has 6 heteroatoms. The van der Waals surface area contributed by atoms with Gasteiger partial charge >= 0.3 is 6.09 Å². The summed E-state index contributed by atoms with van der Waals surface area (Å²) in [4.78, 5) is 25.5. The summed E-state index contributed by atoms with van der Waals surface area (Å²) in [5.41, 5.74) is -0.572. The van der Waals surface area contributed by atoms with Crippen LogP contribution in [0, 0.1) is 0 Å². The van der Waals surface area contributed by atoms with Gasteiger partial charge in [0.15, 0.2) is 0 Å². The summed E-state index contributed by atoms with van der Waals surface area (Å²) < 4.78 is 10.6. The predicted octanol–water partition coefficient (Wildman–Crippen LogP) is 1.54. The lowest BCUT2D eigenvalue weighted by atomic mass is 10.00. The molecule has 0 aromatic heterocycles. The van der Waals surface area contributed by atoms with E-state index < -0.39 is 17.7 Å². The first-order valence-corrected chi connectivity index (χ1v) is 7.07. The van der Waals surface area contributed by atoms with Gasteiger partial charge in [-0.3, -0.25) is 4.79 Å². The molecule has 0 aliphatic carbocycles. The average molecular weight is 286 g/mol. The van der Waals surface area contributed by atoms with Crippen LogP contribution >= 0.6 is 0 Å². The van der Waals surface area contributed by atoms with Crippen LogP contribution in [-0.2, 0) is 14.3 Å². The van der Waals surface area contributed by atoms with Gasteiger partial charge in [-0.25, -0.2) is 4.79 Å². The fourth-order valence-corrected chi connectivity index (χ4v) is 2.07. The lowest BCUT2D eigenvalue weighted by Crippen LogP contribution is -2.65. The molecule has 0 saturated carbocycles. The molecule has 0 radical (unpaired) electrons. The minimum Gasteiger partial charge on any atom is -0.444 e. The third-order valence-electron chi connectivity index (χ3n) is 3.17. The number of ether oxygens (including phenoxy) is 2. The molecule has 1 saturated heterocycles. The van der Waals surface area contributed by atoms with Gasteiger partial charge in [0.1, 0.15) is 11.6 Å². The van der Waals surface area contributed by atoms with Crippen molar-refractivity contribution in [3.8, 4) is 0 Å². The van der Waals surface area contributed by atoms with Crippen LogP contribution in [0.5, 0.6) is 0 Å². The number of carbonyl (C=O) groups excluding carboxylic acids is 2. The highest BCUT2D eigenvalue weighted by molar-refractivity contribution is 5.86. The number of amides is 2. The highest BCUT2D eigenvalue weighted by Gasteiger charge is 2.41. The van der Waals surface area contributed by atoms with Crippen LogP contribution in [0.4, 0.5) is 4.79 Å². The Balaban J connectivity index is 2.43. The van der Waals surface area contributed by atoms with Crippen LogP contribution in [0.1, 0.15) is 41.5 Å². The Morgan fingerprint density at radius 2 is 2.00 bits per heavy atom. The fourth-order valence-electron chi connectivity index (χ4n) is 2.07. The molecule has 1 aliphatic heterocycles. The van der Waals surface area contributed by atoms with E-state index in [1.807, 2.05) is 13.8 Å². The Bertz CT molecular complexity index is 365. The molecular formula is C14H26N2O4. The summed E-state index contributed by atoms with van der Waals surface area (Å²) in [6.07, 6.45) is -0.481. The molecular weight excluding hydrogens is 260 g/mol. The second kappa shape index (κ2) is 6.43. The second-order valence-corrected chi connectivity index (χ2v) is 6.09. The third-order valence-corrected chi connectivity index (χ3v) is 3.17. The van der Waals surface area contributed by atoms with Gasteiger partial charge < -0.3 is 19.7 Å². The van der Waals surface area contributed by atoms with Gasteiger partial charge in [0.2, 0.25) is 5.91 Å². The molecule has 20 heavy (non-hydrogen) atoms. The fraction of sp³-hybridized carbons (Fsp3) is 0.857. The van der Waals surface area contributed by atoms with Crippen molar-refractivity contribution in [1.82, 2.24) is 10.2 Å². The number of nitrogens with zero attached hydrogens (tertiary/aromatic N) is 1. The number of likely N-dealkylation sites (tertiary alicyclic amines) is 1. The zero-order chi connectivity index (χ0) is 15.5. The summed E-state index contributed by atoms with van der Waals surface area (Å²) in [6.45, 7) is 12.1. The van der Waals surface area contributed by atoms with Crippen LogP contribution in [-0.4, -0.2) is 53.8 Å². The smallest absolute Gasteiger partial charge is 0.408 e. The third kappa shape index (κ3) is 4.37. The van der Waals surface area contributed by atoms with Crippen LogP contribution < -0.4 is 5.32 Å².